The second kappa shape index (κ2) is 4.88. The molecular formula is C15H19N3O. The van der Waals surface area contributed by atoms with Crippen LogP contribution in [0.4, 0.5) is 5.69 Å². The van der Waals surface area contributed by atoms with Gasteiger partial charge in [0, 0.05) is 35.5 Å². The third-order valence-corrected chi connectivity index (χ3v) is 2.88. The molecule has 0 aliphatic carbocycles. The number of aryl methyl sites for hydroxylation is 1. The standard InChI is InChI=1S/C15H19N3O/c1-11-9-13(5-7-16-11)17-14(19)12-6-8-18(10-12)15(2,3)4/h5-10H,1-4H3,(H,16,17,19). The van der Waals surface area contributed by atoms with E-state index in [0.717, 1.165) is 11.4 Å². The number of rotatable bonds is 2. The van der Waals surface area contributed by atoms with E-state index in [1.54, 1.807) is 12.3 Å². The molecule has 0 radical (unpaired) electrons. The number of nitrogens with one attached hydrogen (secondary N) is 1. The molecule has 100 valence electrons. The fourth-order valence-corrected chi connectivity index (χ4v) is 1.77. The molecule has 0 saturated carbocycles. The van der Waals surface area contributed by atoms with Gasteiger partial charge < -0.3 is 9.88 Å². The summed E-state index contributed by atoms with van der Waals surface area (Å²) in [6, 6.07) is 5.46. The van der Waals surface area contributed by atoms with Crippen molar-refractivity contribution in [2.24, 2.45) is 0 Å². The molecule has 0 aromatic carbocycles. The van der Waals surface area contributed by atoms with E-state index in [1.165, 1.54) is 0 Å². The van der Waals surface area contributed by atoms with Gasteiger partial charge in [-0.15, -0.1) is 0 Å². The van der Waals surface area contributed by atoms with Gasteiger partial charge in [-0.1, -0.05) is 0 Å². The summed E-state index contributed by atoms with van der Waals surface area (Å²) < 4.78 is 2.03. The molecule has 2 heterocycles. The van der Waals surface area contributed by atoms with Crippen LogP contribution >= 0.6 is 0 Å². The molecule has 19 heavy (non-hydrogen) atoms. The maximum Gasteiger partial charge on any atom is 0.257 e. The molecule has 0 saturated heterocycles. The first-order valence-corrected chi connectivity index (χ1v) is 6.29. The predicted molar refractivity (Wildman–Crippen MR) is 76.4 cm³/mol. The van der Waals surface area contributed by atoms with Gasteiger partial charge in [-0.2, -0.15) is 0 Å². The lowest BCUT2D eigenvalue weighted by Gasteiger charge is -2.20. The average molecular weight is 257 g/mol. The Balaban J connectivity index is 2.14. The number of hydrogen-bond donors (Lipinski definition) is 1. The summed E-state index contributed by atoms with van der Waals surface area (Å²) >= 11 is 0. The summed E-state index contributed by atoms with van der Waals surface area (Å²) in [7, 11) is 0. The van der Waals surface area contributed by atoms with Crippen LogP contribution in [0.5, 0.6) is 0 Å². The van der Waals surface area contributed by atoms with E-state index >= 15 is 0 Å². The molecule has 2 rings (SSSR count). The van der Waals surface area contributed by atoms with E-state index < -0.39 is 0 Å². The number of anilines is 1. The number of carbonyl (C=O) groups is 1. The molecule has 4 heteroatoms. The molecule has 0 atom stereocenters. The van der Waals surface area contributed by atoms with Crippen LogP contribution in [-0.2, 0) is 5.54 Å². The molecule has 1 N–H and O–H groups in total. The average Bonchev–Trinajstić information content (AvgIpc) is 2.77. The Kier molecular flexibility index (Phi) is 3.42. The summed E-state index contributed by atoms with van der Waals surface area (Å²) in [5.41, 5.74) is 2.28. The van der Waals surface area contributed by atoms with Crippen molar-refractivity contribution in [1.29, 1.82) is 0 Å². The first kappa shape index (κ1) is 13.3. The minimum absolute atomic E-state index is 0.0220. The van der Waals surface area contributed by atoms with Crippen molar-refractivity contribution < 1.29 is 4.79 Å². The Hall–Kier alpha value is -2.10. The largest absolute Gasteiger partial charge is 0.348 e. The van der Waals surface area contributed by atoms with Gasteiger partial charge in [-0.05, 0) is 45.9 Å². The van der Waals surface area contributed by atoms with Crippen LogP contribution in [0.15, 0.2) is 36.8 Å². The quantitative estimate of drug-likeness (QED) is 0.898. The van der Waals surface area contributed by atoms with Gasteiger partial charge in [0.15, 0.2) is 0 Å². The van der Waals surface area contributed by atoms with E-state index in [2.05, 4.69) is 31.1 Å². The SMILES string of the molecule is Cc1cc(NC(=O)c2ccn(C(C)(C)C)c2)ccn1. The minimum Gasteiger partial charge on any atom is -0.348 e. The van der Waals surface area contributed by atoms with Crippen molar-refractivity contribution in [2.75, 3.05) is 5.32 Å². The minimum atomic E-state index is -0.103. The Morgan fingerprint density at radius 1 is 1.32 bits per heavy atom. The van der Waals surface area contributed by atoms with Crippen LogP contribution < -0.4 is 5.32 Å². The van der Waals surface area contributed by atoms with Crippen LogP contribution in [0.1, 0.15) is 36.8 Å². The zero-order valence-corrected chi connectivity index (χ0v) is 11.8. The topological polar surface area (TPSA) is 46.9 Å². The van der Waals surface area contributed by atoms with E-state index in [-0.39, 0.29) is 11.4 Å². The van der Waals surface area contributed by atoms with E-state index in [1.807, 2.05) is 36.0 Å². The molecule has 0 aliphatic rings. The number of carbonyl (C=O) groups excluding carboxylic acids is 1. The van der Waals surface area contributed by atoms with Gasteiger partial charge in [0.25, 0.3) is 5.91 Å². The van der Waals surface area contributed by atoms with E-state index in [9.17, 15) is 4.79 Å². The summed E-state index contributed by atoms with van der Waals surface area (Å²) in [5.74, 6) is -0.103. The zero-order chi connectivity index (χ0) is 14.0. The van der Waals surface area contributed by atoms with Crippen molar-refractivity contribution in [3.05, 3.63) is 48.0 Å². The fraction of sp³-hybridized carbons (Fsp3) is 0.333. The van der Waals surface area contributed by atoms with Gasteiger partial charge >= 0.3 is 0 Å². The molecule has 2 aromatic heterocycles. The third-order valence-electron chi connectivity index (χ3n) is 2.88. The van der Waals surface area contributed by atoms with Crippen LogP contribution in [0.2, 0.25) is 0 Å². The summed E-state index contributed by atoms with van der Waals surface area (Å²) in [6.45, 7) is 8.19. The van der Waals surface area contributed by atoms with Gasteiger partial charge in [-0.25, -0.2) is 0 Å². The van der Waals surface area contributed by atoms with Crippen molar-refractivity contribution in [2.45, 2.75) is 33.2 Å². The molecule has 4 nitrogen and oxygen atoms in total. The smallest absolute Gasteiger partial charge is 0.257 e. The Morgan fingerprint density at radius 2 is 2.05 bits per heavy atom. The Bertz CT molecular complexity index is 593. The van der Waals surface area contributed by atoms with Crippen molar-refractivity contribution in [1.82, 2.24) is 9.55 Å². The lowest BCUT2D eigenvalue weighted by molar-refractivity contribution is 0.102. The molecule has 2 aromatic rings. The summed E-state index contributed by atoms with van der Waals surface area (Å²) in [6.07, 6.45) is 5.47. The number of hydrogen-bond acceptors (Lipinski definition) is 2. The third kappa shape index (κ3) is 3.22. The van der Waals surface area contributed by atoms with Crippen LogP contribution in [-0.4, -0.2) is 15.5 Å². The maximum atomic E-state index is 12.1. The highest BCUT2D eigenvalue weighted by Crippen LogP contribution is 2.16. The normalized spacial score (nSPS) is 11.4. The zero-order valence-electron chi connectivity index (χ0n) is 11.8. The molecule has 0 unspecified atom stereocenters. The highest BCUT2D eigenvalue weighted by molar-refractivity contribution is 6.04. The van der Waals surface area contributed by atoms with Gasteiger partial charge in [0.1, 0.15) is 0 Å². The first-order valence-electron chi connectivity index (χ1n) is 6.29. The number of pyridine rings is 1. The van der Waals surface area contributed by atoms with Gasteiger partial charge in [-0.3, -0.25) is 9.78 Å². The maximum absolute atomic E-state index is 12.1. The van der Waals surface area contributed by atoms with E-state index in [4.69, 9.17) is 0 Å². The van der Waals surface area contributed by atoms with Crippen molar-refractivity contribution >= 4 is 11.6 Å². The molecule has 1 amide bonds. The lowest BCUT2D eigenvalue weighted by Crippen LogP contribution is -2.20. The second-order valence-electron chi connectivity index (χ2n) is 5.62. The molecule has 0 bridgehead atoms. The van der Waals surface area contributed by atoms with Gasteiger partial charge in [0.05, 0.1) is 5.56 Å². The Labute approximate surface area is 113 Å². The first-order chi connectivity index (χ1) is 8.86. The molecule has 0 spiro atoms. The number of nitrogens with zero attached hydrogens (tertiary/aromatic N) is 2. The highest BCUT2D eigenvalue weighted by Gasteiger charge is 2.15. The van der Waals surface area contributed by atoms with Crippen molar-refractivity contribution in [3.63, 3.8) is 0 Å². The Morgan fingerprint density at radius 3 is 2.63 bits per heavy atom. The highest BCUT2D eigenvalue weighted by atomic mass is 16.1. The summed E-state index contributed by atoms with van der Waals surface area (Å²) in [5, 5.41) is 2.87. The second-order valence-corrected chi connectivity index (χ2v) is 5.62. The number of aromatic nitrogens is 2. The van der Waals surface area contributed by atoms with E-state index in [0.29, 0.717) is 5.56 Å². The molecular weight excluding hydrogens is 238 g/mol. The van der Waals surface area contributed by atoms with Crippen LogP contribution in [0.3, 0.4) is 0 Å². The predicted octanol–water partition coefficient (Wildman–Crippen LogP) is 3.20. The van der Waals surface area contributed by atoms with Crippen LogP contribution in [0, 0.1) is 6.92 Å². The van der Waals surface area contributed by atoms with Crippen LogP contribution in [0.25, 0.3) is 0 Å². The number of amides is 1. The molecule has 0 aliphatic heterocycles. The summed E-state index contributed by atoms with van der Waals surface area (Å²) in [4.78, 5) is 16.2. The molecule has 0 fully saturated rings. The fourth-order valence-electron chi connectivity index (χ4n) is 1.77. The monoisotopic (exact) mass is 257 g/mol. The lowest BCUT2D eigenvalue weighted by atomic mass is 10.1. The van der Waals surface area contributed by atoms with Gasteiger partial charge in [0.2, 0.25) is 0 Å². The van der Waals surface area contributed by atoms with Crippen molar-refractivity contribution in [3.8, 4) is 0 Å².